The number of piperazine rings is 1. The van der Waals surface area contributed by atoms with Crippen molar-refractivity contribution in [1.29, 1.82) is 0 Å². The Morgan fingerprint density at radius 2 is 1.68 bits per heavy atom. The van der Waals surface area contributed by atoms with Crippen LogP contribution >= 0.6 is 0 Å². The van der Waals surface area contributed by atoms with Gasteiger partial charge in [0.25, 0.3) is 0 Å². The van der Waals surface area contributed by atoms with Crippen LogP contribution in [0.5, 0.6) is 0 Å². The lowest BCUT2D eigenvalue weighted by molar-refractivity contribution is -0.133. The maximum absolute atomic E-state index is 13.4. The second-order valence-electron chi connectivity index (χ2n) is 9.02. The number of nitrogens with zero attached hydrogens (tertiary/aromatic N) is 6. The van der Waals surface area contributed by atoms with E-state index in [1.54, 1.807) is 45.1 Å². The molecule has 0 aliphatic carbocycles. The molecule has 1 saturated heterocycles. The van der Waals surface area contributed by atoms with E-state index in [0.717, 1.165) is 0 Å². The molecule has 4 rings (SSSR count). The van der Waals surface area contributed by atoms with Gasteiger partial charge in [0.2, 0.25) is 5.91 Å². The van der Waals surface area contributed by atoms with E-state index in [0.29, 0.717) is 48.8 Å². The number of hydrogen-bond donors (Lipinski definition) is 0. The van der Waals surface area contributed by atoms with Gasteiger partial charge in [0.05, 0.1) is 23.4 Å². The summed E-state index contributed by atoms with van der Waals surface area (Å²) in [7, 11) is 0. The van der Waals surface area contributed by atoms with Crippen LogP contribution in [-0.4, -0.2) is 73.1 Å². The summed E-state index contributed by atoms with van der Waals surface area (Å²) in [6, 6.07) is 7.76. The summed E-state index contributed by atoms with van der Waals surface area (Å²) in [5, 5.41) is 0. The molecule has 3 heterocycles. The van der Waals surface area contributed by atoms with Crippen molar-refractivity contribution in [1.82, 2.24) is 29.3 Å². The number of aromatic nitrogens is 4. The van der Waals surface area contributed by atoms with Crippen LogP contribution in [0, 0.1) is 5.82 Å². The smallest absolute Gasteiger partial charge is 0.410 e. The highest BCUT2D eigenvalue weighted by atomic mass is 19.1. The number of rotatable bonds is 4. The fourth-order valence-corrected chi connectivity index (χ4v) is 3.73. The Morgan fingerprint density at radius 1 is 1.00 bits per heavy atom. The highest BCUT2D eigenvalue weighted by molar-refractivity contribution is 5.81. The van der Waals surface area contributed by atoms with E-state index >= 15 is 0 Å². The lowest BCUT2D eigenvalue weighted by Crippen LogP contribution is -2.52. The molecule has 0 atom stereocenters. The van der Waals surface area contributed by atoms with Crippen LogP contribution in [-0.2, 0) is 16.1 Å². The van der Waals surface area contributed by atoms with Crippen LogP contribution in [0.15, 0.2) is 49.2 Å². The lowest BCUT2D eigenvalue weighted by Gasteiger charge is -2.35. The van der Waals surface area contributed by atoms with Crippen LogP contribution in [0.1, 0.15) is 20.8 Å². The second kappa shape index (κ2) is 9.58. The molecular formula is C24H27FN6O3. The normalized spacial score (nSPS) is 14.2. The van der Waals surface area contributed by atoms with Gasteiger partial charge in [-0.2, -0.15) is 0 Å². The molecule has 1 fully saturated rings. The molecular weight excluding hydrogens is 439 g/mol. The highest BCUT2D eigenvalue weighted by Crippen LogP contribution is 2.30. The summed E-state index contributed by atoms with van der Waals surface area (Å²) in [5.41, 5.74) is 2.00. The second-order valence-corrected chi connectivity index (χ2v) is 9.02. The van der Waals surface area contributed by atoms with Crippen LogP contribution in [0.4, 0.5) is 9.18 Å². The fourth-order valence-electron chi connectivity index (χ4n) is 3.73. The minimum atomic E-state index is -0.564. The zero-order chi connectivity index (χ0) is 24.3. The minimum Gasteiger partial charge on any atom is -0.444 e. The van der Waals surface area contributed by atoms with Crippen LogP contribution in [0.2, 0.25) is 0 Å². The molecule has 1 aliphatic heterocycles. The predicted molar refractivity (Wildman–Crippen MR) is 123 cm³/mol. The van der Waals surface area contributed by atoms with Crippen LogP contribution < -0.4 is 0 Å². The van der Waals surface area contributed by atoms with Gasteiger partial charge in [-0.3, -0.25) is 4.79 Å². The van der Waals surface area contributed by atoms with E-state index in [-0.39, 0.29) is 24.4 Å². The van der Waals surface area contributed by atoms with Crippen molar-refractivity contribution < 1.29 is 18.7 Å². The number of imidazole rings is 1. The Kier molecular flexibility index (Phi) is 6.58. The molecule has 0 bridgehead atoms. The number of carbonyl (C=O) groups is 2. The number of hydrogen-bond acceptors (Lipinski definition) is 6. The molecule has 0 spiro atoms. The number of halogens is 1. The molecule has 2 amide bonds. The number of ether oxygens (including phenoxy) is 1. The molecule has 0 saturated carbocycles. The van der Waals surface area contributed by atoms with Gasteiger partial charge in [-0.15, -0.1) is 0 Å². The van der Waals surface area contributed by atoms with Gasteiger partial charge in [-0.05, 0) is 51.1 Å². The predicted octanol–water partition coefficient (Wildman–Crippen LogP) is 3.23. The van der Waals surface area contributed by atoms with Crippen LogP contribution in [0.3, 0.4) is 0 Å². The highest BCUT2D eigenvalue weighted by Gasteiger charge is 2.28. The fraction of sp³-hybridized carbons (Fsp3) is 0.375. The summed E-state index contributed by atoms with van der Waals surface area (Å²) in [6.45, 7) is 7.18. The van der Waals surface area contributed by atoms with Crippen molar-refractivity contribution in [2.75, 3.05) is 26.2 Å². The molecule has 0 N–H and O–H groups in total. The number of carbonyl (C=O) groups excluding carboxylic acids is 2. The lowest BCUT2D eigenvalue weighted by atomic mass is 10.1. The van der Waals surface area contributed by atoms with E-state index in [1.165, 1.54) is 18.5 Å². The van der Waals surface area contributed by atoms with Gasteiger partial charge >= 0.3 is 6.09 Å². The minimum absolute atomic E-state index is 0.0555. The molecule has 10 heteroatoms. The van der Waals surface area contributed by atoms with Gasteiger partial charge in [0, 0.05) is 37.9 Å². The van der Waals surface area contributed by atoms with Crippen molar-refractivity contribution in [3.8, 4) is 22.6 Å². The van der Waals surface area contributed by atoms with Gasteiger partial charge in [-0.25, -0.2) is 24.1 Å². The Bertz CT molecular complexity index is 1150. The first-order valence-corrected chi connectivity index (χ1v) is 11.0. The topological polar surface area (TPSA) is 93.5 Å². The van der Waals surface area contributed by atoms with Crippen LogP contribution in [0.25, 0.3) is 22.6 Å². The zero-order valence-electron chi connectivity index (χ0n) is 19.4. The maximum atomic E-state index is 13.4. The van der Waals surface area contributed by atoms with Gasteiger partial charge < -0.3 is 19.1 Å². The quantitative estimate of drug-likeness (QED) is 0.586. The van der Waals surface area contributed by atoms with E-state index in [2.05, 4.69) is 15.0 Å². The SMILES string of the molecule is CC(C)(C)OC(=O)N1CCN(C(=O)Cn2cnc(-c3ccc(F)cc3)c2-c2ccncn2)CC1. The summed E-state index contributed by atoms with van der Waals surface area (Å²) < 4.78 is 20.6. The average Bonchev–Trinajstić information content (AvgIpc) is 3.22. The molecule has 34 heavy (non-hydrogen) atoms. The number of benzene rings is 1. The third kappa shape index (κ3) is 5.38. The van der Waals surface area contributed by atoms with E-state index in [1.807, 2.05) is 20.8 Å². The zero-order valence-corrected chi connectivity index (χ0v) is 19.4. The monoisotopic (exact) mass is 466 g/mol. The third-order valence-electron chi connectivity index (χ3n) is 5.37. The summed E-state index contributed by atoms with van der Waals surface area (Å²) in [4.78, 5) is 41.5. The summed E-state index contributed by atoms with van der Waals surface area (Å²) in [6.07, 6.45) is 4.26. The summed E-state index contributed by atoms with van der Waals surface area (Å²) >= 11 is 0. The molecule has 0 radical (unpaired) electrons. The molecule has 3 aromatic rings. The summed E-state index contributed by atoms with van der Waals surface area (Å²) in [5.74, 6) is -0.435. The van der Waals surface area contributed by atoms with E-state index in [9.17, 15) is 14.0 Å². The van der Waals surface area contributed by atoms with Crippen molar-refractivity contribution in [3.63, 3.8) is 0 Å². The first-order valence-electron chi connectivity index (χ1n) is 11.0. The van der Waals surface area contributed by atoms with Gasteiger partial charge in [0.1, 0.15) is 24.3 Å². The molecule has 1 aromatic carbocycles. The molecule has 2 aromatic heterocycles. The Hall–Kier alpha value is -3.82. The molecule has 0 unspecified atom stereocenters. The van der Waals surface area contributed by atoms with Crippen molar-refractivity contribution in [3.05, 3.63) is 55.0 Å². The number of amides is 2. The standard InChI is InChI=1S/C24H27FN6O3/c1-24(2,3)34-23(33)30-12-10-29(11-13-30)20(32)14-31-16-28-21(17-4-6-18(25)7-5-17)22(31)19-8-9-26-15-27-19/h4-9,15-16H,10-14H2,1-3H3. The first kappa shape index (κ1) is 23.3. The van der Waals surface area contributed by atoms with Gasteiger partial charge in [0.15, 0.2) is 0 Å². The average molecular weight is 467 g/mol. The largest absolute Gasteiger partial charge is 0.444 e. The molecule has 178 valence electrons. The molecule has 1 aliphatic rings. The Labute approximate surface area is 197 Å². The maximum Gasteiger partial charge on any atom is 0.410 e. The van der Waals surface area contributed by atoms with Crippen molar-refractivity contribution >= 4 is 12.0 Å². The molecule has 9 nitrogen and oxygen atoms in total. The Balaban J connectivity index is 1.50. The van der Waals surface area contributed by atoms with E-state index < -0.39 is 5.60 Å². The first-order chi connectivity index (χ1) is 16.2. The Morgan fingerprint density at radius 3 is 2.29 bits per heavy atom. The third-order valence-corrected chi connectivity index (χ3v) is 5.37. The van der Waals surface area contributed by atoms with Crippen molar-refractivity contribution in [2.45, 2.75) is 32.9 Å². The van der Waals surface area contributed by atoms with Crippen molar-refractivity contribution in [2.24, 2.45) is 0 Å². The van der Waals surface area contributed by atoms with E-state index in [4.69, 9.17) is 4.74 Å². The van der Waals surface area contributed by atoms with Gasteiger partial charge in [-0.1, -0.05) is 0 Å².